The minimum Gasteiger partial charge on any atom is -0.341 e. The predicted octanol–water partition coefficient (Wildman–Crippen LogP) is 4.10. The second-order valence-electron chi connectivity index (χ2n) is 5.39. The van der Waals surface area contributed by atoms with Crippen LogP contribution in [-0.4, -0.2) is 15.2 Å². The van der Waals surface area contributed by atoms with E-state index in [4.69, 9.17) is 23.2 Å². The van der Waals surface area contributed by atoms with Gasteiger partial charge in [-0.25, -0.2) is 0 Å². The van der Waals surface area contributed by atoms with Crippen molar-refractivity contribution in [3.05, 3.63) is 79.7 Å². The molecule has 0 bridgehead atoms. The van der Waals surface area contributed by atoms with Gasteiger partial charge in [-0.05, 0) is 17.7 Å². The van der Waals surface area contributed by atoms with Crippen LogP contribution in [0.4, 0.5) is 0 Å². The molecule has 0 unspecified atom stereocenters. The average Bonchev–Trinajstić information content (AvgIpc) is 2.85. The molecule has 3 aromatic rings. The molecule has 2 N–H and O–H groups in total. The van der Waals surface area contributed by atoms with E-state index in [0.717, 1.165) is 22.5 Å². The molecule has 6 heteroatoms. The molecule has 2 aromatic heterocycles. The van der Waals surface area contributed by atoms with Gasteiger partial charge in [0.15, 0.2) is 11.1 Å². The lowest BCUT2D eigenvalue weighted by Crippen LogP contribution is -2.06. The summed E-state index contributed by atoms with van der Waals surface area (Å²) >= 11 is 12.0. The van der Waals surface area contributed by atoms with Gasteiger partial charge in [-0.15, -0.1) is 0 Å². The molecule has 2 heterocycles. The summed E-state index contributed by atoms with van der Waals surface area (Å²) in [5.41, 5.74) is 3.98. The van der Waals surface area contributed by atoms with Crippen LogP contribution in [0, 0.1) is 0 Å². The second-order valence-corrected chi connectivity index (χ2v) is 6.20. The van der Waals surface area contributed by atoms with E-state index in [-0.39, 0.29) is 5.43 Å². The summed E-state index contributed by atoms with van der Waals surface area (Å²) in [6, 6.07) is 7.04. The van der Waals surface area contributed by atoms with Gasteiger partial charge in [-0.2, -0.15) is 5.10 Å². The summed E-state index contributed by atoms with van der Waals surface area (Å²) in [6.45, 7) is 0. The van der Waals surface area contributed by atoms with E-state index in [1.807, 2.05) is 24.3 Å². The first kappa shape index (κ1) is 14.3. The molecule has 0 fully saturated rings. The number of pyridine rings is 1. The average molecular weight is 344 g/mol. The van der Waals surface area contributed by atoms with Gasteiger partial charge in [0.25, 0.3) is 0 Å². The van der Waals surface area contributed by atoms with Gasteiger partial charge in [-0.3, -0.25) is 9.89 Å². The number of nitrogens with zero attached hydrogens (tertiary/aromatic N) is 1. The number of fused-ring (bicyclic) bond motifs is 1. The normalized spacial score (nSPS) is 13.2. The van der Waals surface area contributed by atoms with E-state index in [2.05, 4.69) is 15.2 Å². The van der Waals surface area contributed by atoms with E-state index in [1.54, 1.807) is 18.2 Å². The van der Waals surface area contributed by atoms with E-state index >= 15 is 0 Å². The summed E-state index contributed by atoms with van der Waals surface area (Å²) in [5.74, 6) is 0. The fraction of sp³-hybridized carbons (Fsp3) is 0.0588. The van der Waals surface area contributed by atoms with Gasteiger partial charge >= 0.3 is 0 Å². The van der Waals surface area contributed by atoms with E-state index in [9.17, 15) is 4.79 Å². The molecule has 1 aliphatic carbocycles. The number of hydrogen-bond acceptors (Lipinski definition) is 2. The Morgan fingerprint density at radius 3 is 2.65 bits per heavy atom. The monoisotopic (exact) mass is 343 g/mol. The fourth-order valence-electron chi connectivity index (χ4n) is 2.62. The van der Waals surface area contributed by atoms with Crippen molar-refractivity contribution in [1.82, 2.24) is 15.2 Å². The summed E-state index contributed by atoms with van der Waals surface area (Å²) in [4.78, 5) is 15.7. The maximum absolute atomic E-state index is 12.5. The summed E-state index contributed by atoms with van der Waals surface area (Å²) < 4.78 is 0. The van der Waals surface area contributed by atoms with Gasteiger partial charge in [0.2, 0.25) is 0 Å². The van der Waals surface area contributed by atoms with Crippen molar-refractivity contribution in [2.75, 3.05) is 0 Å². The first-order valence-corrected chi connectivity index (χ1v) is 7.80. The molecule has 0 saturated heterocycles. The number of aromatic amines is 2. The summed E-state index contributed by atoms with van der Waals surface area (Å²) in [7, 11) is 0. The zero-order valence-electron chi connectivity index (χ0n) is 11.9. The molecule has 23 heavy (non-hydrogen) atoms. The number of allylic oxidation sites excluding steroid dienone is 4. The lowest BCUT2D eigenvalue weighted by molar-refractivity contribution is 1.05. The third-order valence-electron chi connectivity index (χ3n) is 3.82. The van der Waals surface area contributed by atoms with E-state index in [1.165, 1.54) is 0 Å². The zero-order valence-corrected chi connectivity index (χ0v) is 13.4. The molecule has 1 aliphatic rings. The van der Waals surface area contributed by atoms with E-state index in [0.29, 0.717) is 27.5 Å². The Labute approximate surface area is 141 Å². The van der Waals surface area contributed by atoms with Crippen LogP contribution in [0.5, 0.6) is 0 Å². The molecule has 1 aromatic carbocycles. The molecule has 114 valence electrons. The third-order valence-corrected chi connectivity index (χ3v) is 4.55. The number of hydrogen-bond donors (Lipinski definition) is 2. The molecule has 0 spiro atoms. The number of aromatic nitrogens is 3. The zero-order chi connectivity index (χ0) is 16.0. The van der Waals surface area contributed by atoms with Gasteiger partial charge in [-0.1, -0.05) is 47.5 Å². The van der Waals surface area contributed by atoms with Gasteiger partial charge in [0.05, 0.1) is 21.1 Å². The summed E-state index contributed by atoms with van der Waals surface area (Å²) in [6.07, 6.45) is 6.35. The van der Waals surface area contributed by atoms with Crippen molar-refractivity contribution < 1.29 is 0 Å². The van der Waals surface area contributed by atoms with Crippen LogP contribution in [0.2, 0.25) is 10.0 Å². The molecule has 0 saturated carbocycles. The lowest BCUT2D eigenvalue weighted by atomic mass is 10.0. The molecule has 4 rings (SSSR count). The Hall–Kier alpha value is -2.30. The quantitative estimate of drug-likeness (QED) is 0.751. The second kappa shape index (κ2) is 5.41. The van der Waals surface area contributed by atoms with Crippen LogP contribution < -0.4 is 5.43 Å². The van der Waals surface area contributed by atoms with Crippen LogP contribution in [0.1, 0.15) is 17.0 Å². The number of nitrogens with one attached hydrogen (secondary N) is 2. The van der Waals surface area contributed by atoms with Gasteiger partial charge in [0, 0.05) is 23.8 Å². The Morgan fingerprint density at radius 1 is 1.13 bits per heavy atom. The minimum absolute atomic E-state index is 0.0567. The van der Waals surface area contributed by atoms with Crippen molar-refractivity contribution in [3.8, 4) is 0 Å². The number of halogens is 2. The Bertz CT molecular complexity index is 1040. The Morgan fingerprint density at radius 2 is 1.96 bits per heavy atom. The fourth-order valence-corrected chi connectivity index (χ4v) is 2.94. The number of H-pyrrole nitrogens is 2. The van der Waals surface area contributed by atoms with Crippen molar-refractivity contribution >= 4 is 39.8 Å². The van der Waals surface area contributed by atoms with Crippen molar-refractivity contribution in [3.63, 3.8) is 0 Å². The number of rotatable bonds is 3. The molecular weight excluding hydrogens is 333 g/mol. The largest absolute Gasteiger partial charge is 0.341 e. The highest BCUT2D eigenvalue weighted by atomic mass is 35.5. The maximum atomic E-state index is 12.5. The highest BCUT2D eigenvalue weighted by Crippen LogP contribution is 2.26. The molecular formula is C17H11Cl2N3O. The predicted molar refractivity (Wildman–Crippen MR) is 93.1 cm³/mol. The molecule has 0 atom stereocenters. The molecule has 0 radical (unpaired) electrons. The SMILES string of the molecule is O=c1cc(Cc2ccc(Cl)c(Cl)c2)[nH]c2n[nH]c(C3=CC=C3)c12. The first-order valence-electron chi connectivity index (χ1n) is 7.05. The Kier molecular flexibility index (Phi) is 3.36. The van der Waals surface area contributed by atoms with Crippen LogP contribution in [0.3, 0.4) is 0 Å². The molecule has 4 nitrogen and oxygen atoms in total. The minimum atomic E-state index is -0.0567. The van der Waals surface area contributed by atoms with Gasteiger partial charge in [0.1, 0.15) is 0 Å². The standard InChI is InChI=1S/C17H11Cl2N3O/c18-12-5-4-9(7-13(12)19)6-11-8-14(23)15-16(10-2-1-3-10)21-22-17(15)20-11/h1-5,7-8H,6H2,(H2,20,21,22,23). The van der Waals surface area contributed by atoms with Crippen LogP contribution in [0.15, 0.2) is 47.3 Å². The van der Waals surface area contributed by atoms with Crippen molar-refractivity contribution in [2.45, 2.75) is 6.42 Å². The first-order chi connectivity index (χ1) is 11.1. The highest BCUT2D eigenvalue weighted by molar-refractivity contribution is 6.42. The third kappa shape index (κ3) is 2.50. The number of benzene rings is 1. The lowest BCUT2D eigenvalue weighted by Gasteiger charge is -2.06. The maximum Gasteiger partial charge on any atom is 0.193 e. The van der Waals surface area contributed by atoms with Crippen LogP contribution in [-0.2, 0) is 6.42 Å². The van der Waals surface area contributed by atoms with E-state index < -0.39 is 0 Å². The Balaban J connectivity index is 1.74. The van der Waals surface area contributed by atoms with Crippen molar-refractivity contribution in [1.29, 1.82) is 0 Å². The smallest absolute Gasteiger partial charge is 0.193 e. The highest BCUT2D eigenvalue weighted by Gasteiger charge is 2.15. The molecule has 0 amide bonds. The molecule has 0 aliphatic heterocycles. The van der Waals surface area contributed by atoms with Crippen LogP contribution >= 0.6 is 23.2 Å². The van der Waals surface area contributed by atoms with Crippen molar-refractivity contribution in [2.24, 2.45) is 0 Å². The van der Waals surface area contributed by atoms with Gasteiger partial charge < -0.3 is 4.98 Å². The summed E-state index contributed by atoms with van der Waals surface area (Å²) in [5, 5.41) is 8.73. The van der Waals surface area contributed by atoms with Crippen LogP contribution in [0.25, 0.3) is 16.6 Å². The topological polar surface area (TPSA) is 61.5 Å².